The van der Waals surface area contributed by atoms with Crippen molar-refractivity contribution >= 4 is 11.9 Å². The van der Waals surface area contributed by atoms with Crippen LogP contribution < -0.4 is 5.73 Å². The molecule has 0 radical (unpaired) electrons. The number of piperidine rings is 1. The first kappa shape index (κ1) is 12.0. The van der Waals surface area contributed by atoms with E-state index >= 15 is 0 Å². The summed E-state index contributed by atoms with van der Waals surface area (Å²) in [5.74, 6) is -1.16. The Kier molecular flexibility index (Phi) is 4.08. The second-order valence-corrected chi connectivity index (χ2v) is 3.90. The van der Waals surface area contributed by atoms with E-state index < -0.39 is 18.1 Å². The van der Waals surface area contributed by atoms with Gasteiger partial charge in [-0.1, -0.05) is 6.92 Å². The largest absolute Gasteiger partial charge is 0.480 e. The normalized spacial score (nSPS) is 23.6. The van der Waals surface area contributed by atoms with Gasteiger partial charge in [0.25, 0.3) is 0 Å². The number of amides is 1. The summed E-state index contributed by atoms with van der Waals surface area (Å²) in [6.07, 6.45) is 2.81. The first-order valence-corrected chi connectivity index (χ1v) is 5.36. The SMILES string of the molecule is CCC(N)C(=O)N1CCCC[C@@H]1C(=O)O. The molecule has 5 nitrogen and oxygen atoms in total. The second kappa shape index (κ2) is 5.11. The van der Waals surface area contributed by atoms with E-state index in [0.29, 0.717) is 19.4 Å². The second-order valence-electron chi connectivity index (χ2n) is 3.90. The van der Waals surface area contributed by atoms with Gasteiger partial charge in [-0.15, -0.1) is 0 Å². The van der Waals surface area contributed by atoms with Crippen molar-refractivity contribution in [1.29, 1.82) is 0 Å². The van der Waals surface area contributed by atoms with Crippen LogP contribution in [-0.4, -0.2) is 40.5 Å². The molecule has 0 aromatic rings. The van der Waals surface area contributed by atoms with Gasteiger partial charge in [-0.05, 0) is 25.7 Å². The lowest BCUT2D eigenvalue weighted by molar-refractivity contribution is -0.152. The summed E-state index contributed by atoms with van der Waals surface area (Å²) in [6.45, 7) is 2.34. The minimum absolute atomic E-state index is 0.232. The monoisotopic (exact) mass is 214 g/mol. The molecule has 0 saturated carbocycles. The number of likely N-dealkylation sites (tertiary alicyclic amines) is 1. The minimum Gasteiger partial charge on any atom is -0.480 e. The van der Waals surface area contributed by atoms with Crippen LogP contribution in [0.1, 0.15) is 32.6 Å². The fourth-order valence-corrected chi connectivity index (χ4v) is 1.84. The minimum atomic E-state index is -0.925. The number of hydrogen-bond acceptors (Lipinski definition) is 3. The molecule has 1 fully saturated rings. The molecule has 1 amide bonds. The van der Waals surface area contributed by atoms with Gasteiger partial charge in [-0.2, -0.15) is 0 Å². The molecule has 3 N–H and O–H groups in total. The van der Waals surface area contributed by atoms with Gasteiger partial charge < -0.3 is 15.7 Å². The Morgan fingerprint density at radius 2 is 2.20 bits per heavy atom. The zero-order chi connectivity index (χ0) is 11.4. The Bertz CT molecular complexity index is 255. The van der Waals surface area contributed by atoms with Crippen LogP contribution in [0.4, 0.5) is 0 Å². The summed E-state index contributed by atoms with van der Waals surface area (Å²) < 4.78 is 0. The number of nitrogens with zero attached hydrogens (tertiary/aromatic N) is 1. The number of carbonyl (C=O) groups excluding carboxylic acids is 1. The van der Waals surface area contributed by atoms with E-state index in [2.05, 4.69) is 0 Å². The van der Waals surface area contributed by atoms with Crippen molar-refractivity contribution in [3.8, 4) is 0 Å². The molecule has 1 aliphatic heterocycles. The average molecular weight is 214 g/mol. The van der Waals surface area contributed by atoms with Gasteiger partial charge in [0.15, 0.2) is 0 Å². The third-order valence-electron chi connectivity index (χ3n) is 2.83. The summed E-state index contributed by atoms with van der Waals surface area (Å²) in [4.78, 5) is 24.1. The fourth-order valence-electron chi connectivity index (χ4n) is 1.84. The van der Waals surface area contributed by atoms with Crippen molar-refractivity contribution in [1.82, 2.24) is 4.90 Å². The highest BCUT2D eigenvalue weighted by Crippen LogP contribution is 2.18. The Balaban J connectivity index is 2.71. The van der Waals surface area contributed by atoms with E-state index in [0.717, 1.165) is 12.8 Å². The molecular formula is C10H18N2O3. The Morgan fingerprint density at radius 3 is 2.73 bits per heavy atom. The van der Waals surface area contributed by atoms with Crippen molar-refractivity contribution in [2.45, 2.75) is 44.7 Å². The molecule has 2 atom stereocenters. The molecule has 0 aromatic heterocycles. The highest BCUT2D eigenvalue weighted by atomic mass is 16.4. The van der Waals surface area contributed by atoms with Crippen molar-refractivity contribution in [2.24, 2.45) is 5.73 Å². The van der Waals surface area contributed by atoms with Crippen molar-refractivity contribution in [3.63, 3.8) is 0 Å². The van der Waals surface area contributed by atoms with Gasteiger partial charge in [-0.25, -0.2) is 4.79 Å². The van der Waals surface area contributed by atoms with Crippen molar-refractivity contribution in [2.75, 3.05) is 6.54 Å². The van der Waals surface area contributed by atoms with Crippen LogP contribution in [0.15, 0.2) is 0 Å². The molecule has 86 valence electrons. The molecule has 15 heavy (non-hydrogen) atoms. The van der Waals surface area contributed by atoms with Gasteiger partial charge in [0.2, 0.25) is 5.91 Å². The number of carboxylic acids is 1. The van der Waals surface area contributed by atoms with E-state index in [9.17, 15) is 9.59 Å². The fraction of sp³-hybridized carbons (Fsp3) is 0.800. The lowest BCUT2D eigenvalue weighted by Crippen LogP contribution is -2.53. The van der Waals surface area contributed by atoms with Crippen LogP contribution in [0.5, 0.6) is 0 Å². The molecule has 0 aromatic carbocycles. The van der Waals surface area contributed by atoms with Crippen LogP contribution in [0.25, 0.3) is 0 Å². The average Bonchev–Trinajstić information content (AvgIpc) is 2.27. The lowest BCUT2D eigenvalue weighted by Gasteiger charge is -2.34. The third kappa shape index (κ3) is 2.68. The summed E-state index contributed by atoms with van der Waals surface area (Å²) >= 11 is 0. The summed E-state index contributed by atoms with van der Waals surface area (Å²) in [7, 11) is 0. The van der Waals surface area contributed by atoms with Crippen LogP contribution in [0, 0.1) is 0 Å². The Morgan fingerprint density at radius 1 is 1.53 bits per heavy atom. The Labute approximate surface area is 89.2 Å². The smallest absolute Gasteiger partial charge is 0.326 e. The van der Waals surface area contributed by atoms with E-state index in [1.165, 1.54) is 4.90 Å². The van der Waals surface area contributed by atoms with Crippen LogP contribution >= 0.6 is 0 Å². The van der Waals surface area contributed by atoms with Gasteiger partial charge in [0.1, 0.15) is 6.04 Å². The molecule has 0 aliphatic carbocycles. The maximum absolute atomic E-state index is 11.8. The molecule has 5 heteroatoms. The first-order valence-electron chi connectivity index (χ1n) is 5.36. The van der Waals surface area contributed by atoms with Crippen molar-refractivity contribution in [3.05, 3.63) is 0 Å². The van der Waals surface area contributed by atoms with E-state index in [4.69, 9.17) is 10.8 Å². The maximum atomic E-state index is 11.8. The number of aliphatic carboxylic acids is 1. The maximum Gasteiger partial charge on any atom is 0.326 e. The highest BCUT2D eigenvalue weighted by Gasteiger charge is 2.33. The lowest BCUT2D eigenvalue weighted by atomic mass is 10.0. The van der Waals surface area contributed by atoms with Crippen LogP contribution in [0.3, 0.4) is 0 Å². The third-order valence-corrected chi connectivity index (χ3v) is 2.83. The van der Waals surface area contributed by atoms with Gasteiger partial charge >= 0.3 is 5.97 Å². The molecule has 1 unspecified atom stereocenters. The summed E-state index contributed by atoms with van der Waals surface area (Å²) in [6, 6.07) is -1.24. The molecule has 1 saturated heterocycles. The topological polar surface area (TPSA) is 83.6 Å². The number of nitrogens with two attached hydrogens (primary N) is 1. The van der Waals surface area contributed by atoms with Crippen LogP contribution in [0.2, 0.25) is 0 Å². The molecule has 1 rings (SSSR count). The van der Waals surface area contributed by atoms with E-state index in [-0.39, 0.29) is 5.91 Å². The highest BCUT2D eigenvalue weighted by molar-refractivity contribution is 5.87. The predicted molar refractivity (Wildman–Crippen MR) is 55.3 cm³/mol. The summed E-state index contributed by atoms with van der Waals surface area (Å²) in [5, 5.41) is 8.98. The number of carbonyl (C=O) groups is 2. The van der Waals surface area contributed by atoms with Crippen molar-refractivity contribution < 1.29 is 14.7 Å². The standard InChI is InChI=1S/C10H18N2O3/c1-2-7(11)9(13)12-6-4-3-5-8(12)10(14)15/h7-8H,2-6,11H2,1H3,(H,14,15)/t7?,8-/m1/s1. The van der Waals surface area contributed by atoms with Gasteiger partial charge in [0, 0.05) is 6.54 Å². The van der Waals surface area contributed by atoms with Gasteiger partial charge in [0.05, 0.1) is 6.04 Å². The molecule has 0 spiro atoms. The zero-order valence-electron chi connectivity index (χ0n) is 8.98. The first-order chi connectivity index (χ1) is 7.07. The Hall–Kier alpha value is -1.10. The van der Waals surface area contributed by atoms with Crippen LogP contribution in [-0.2, 0) is 9.59 Å². The zero-order valence-corrected chi connectivity index (χ0v) is 8.98. The van der Waals surface area contributed by atoms with Gasteiger partial charge in [-0.3, -0.25) is 4.79 Å². The molecular weight excluding hydrogens is 196 g/mol. The molecule has 1 heterocycles. The molecule has 1 aliphatic rings. The molecule has 0 bridgehead atoms. The summed E-state index contributed by atoms with van der Waals surface area (Å²) in [5.41, 5.74) is 5.63. The number of carboxylic acid groups (broad SMARTS) is 1. The quantitative estimate of drug-likeness (QED) is 0.702. The number of hydrogen-bond donors (Lipinski definition) is 2. The number of rotatable bonds is 3. The predicted octanol–water partition coefficient (Wildman–Crippen LogP) is 0.189. The van der Waals surface area contributed by atoms with E-state index in [1.807, 2.05) is 6.92 Å². The van der Waals surface area contributed by atoms with E-state index in [1.54, 1.807) is 0 Å².